The van der Waals surface area contributed by atoms with E-state index in [4.69, 9.17) is 0 Å². The maximum atomic E-state index is 3.88. The fourth-order valence-electron chi connectivity index (χ4n) is 3.64. The predicted molar refractivity (Wildman–Crippen MR) is 90.0 cm³/mol. The molecule has 0 amide bonds. The van der Waals surface area contributed by atoms with Crippen LogP contribution in [0.15, 0.2) is 25.3 Å². The molecule has 1 aliphatic rings. The summed E-state index contributed by atoms with van der Waals surface area (Å²) in [5.41, 5.74) is 0.409. The Hall–Kier alpha value is -0.600. The molecule has 0 heterocycles. The van der Waals surface area contributed by atoms with Gasteiger partial charge in [-0.25, -0.2) is 0 Å². The van der Waals surface area contributed by atoms with Gasteiger partial charge in [-0.2, -0.15) is 0 Å². The molecule has 116 valence electrons. The third-order valence-electron chi connectivity index (χ3n) is 4.59. The second kappa shape index (κ2) is 8.63. The zero-order valence-corrected chi connectivity index (χ0v) is 13.8. The highest BCUT2D eigenvalue weighted by Gasteiger charge is 2.38. The first-order valence-corrected chi connectivity index (χ1v) is 8.22. The van der Waals surface area contributed by atoms with Crippen LogP contribution in [-0.4, -0.2) is 37.1 Å². The van der Waals surface area contributed by atoms with Crippen molar-refractivity contribution < 1.29 is 0 Å². The van der Waals surface area contributed by atoms with E-state index in [1.165, 1.54) is 25.7 Å². The molecule has 1 N–H and O–H groups in total. The number of nitrogens with one attached hydrogen (secondary N) is 1. The molecular formula is C18H34N2. The molecule has 1 saturated carbocycles. The molecule has 1 rings (SSSR count). The average molecular weight is 278 g/mol. The molecule has 0 bridgehead atoms. The molecule has 0 aliphatic heterocycles. The summed E-state index contributed by atoms with van der Waals surface area (Å²) in [6.07, 6.45) is 9.27. The van der Waals surface area contributed by atoms with Crippen LogP contribution in [0.2, 0.25) is 0 Å². The molecule has 2 heteroatoms. The normalized spacial score (nSPS) is 25.6. The largest absolute Gasteiger partial charge is 0.313 e. The first-order valence-electron chi connectivity index (χ1n) is 8.22. The van der Waals surface area contributed by atoms with E-state index in [2.05, 4.69) is 44.1 Å². The van der Waals surface area contributed by atoms with Crippen LogP contribution < -0.4 is 5.32 Å². The summed E-state index contributed by atoms with van der Waals surface area (Å²) in [5, 5.41) is 3.82. The second-order valence-corrected chi connectivity index (χ2v) is 6.87. The van der Waals surface area contributed by atoms with Crippen molar-refractivity contribution in [1.82, 2.24) is 10.2 Å². The van der Waals surface area contributed by atoms with Gasteiger partial charge in [0.25, 0.3) is 0 Å². The predicted octanol–water partition coefficient (Wildman–Crippen LogP) is 3.85. The van der Waals surface area contributed by atoms with Crippen LogP contribution in [0.1, 0.15) is 46.5 Å². The zero-order chi connectivity index (χ0) is 15.0. The Morgan fingerprint density at radius 1 is 1.25 bits per heavy atom. The smallest absolute Gasteiger partial charge is 0.0164 e. The Morgan fingerprint density at radius 2 is 1.90 bits per heavy atom. The van der Waals surface area contributed by atoms with E-state index in [-0.39, 0.29) is 0 Å². The van der Waals surface area contributed by atoms with Gasteiger partial charge in [0, 0.05) is 25.7 Å². The number of hydrogen-bond donors (Lipinski definition) is 1. The SMILES string of the molecule is C=CCN(CC=C)CC1CCCC(C)(C)C1NCCC. The minimum absolute atomic E-state index is 0.409. The summed E-state index contributed by atoms with van der Waals surface area (Å²) < 4.78 is 0. The first kappa shape index (κ1) is 17.5. The quantitative estimate of drug-likeness (QED) is 0.644. The van der Waals surface area contributed by atoms with Crippen molar-refractivity contribution in [2.75, 3.05) is 26.2 Å². The molecule has 20 heavy (non-hydrogen) atoms. The first-order chi connectivity index (χ1) is 9.55. The van der Waals surface area contributed by atoms with Gasteiger partial charge in [0.15, 0.2) is 0 Å². The van der Waals surface area contributed by atoms with Gasteiger partial charge in [0.1, 0.15) is 0 Å². The molecule has 0 aromatic rings. The Balaban J connectivity index is 2.71. The monoisotopic (exact) mass is 278 g/mol. The summed E-state index contributed by atoms with van der Waals surface area (Å²) in [7, 11) is 0. The van der Waals surface area contributed by atoms with Gasteiger partial charge in [0.05, 0.1) is 0 Å². The van der Waals surface area contributed by atoms with Gasteiger partial charge >= 0.3 is 0 Å². The molecule has 0 spiro atoms. The summed E-state index contributed by atoms with van der Waals surface area (Å²) in [5.74, 6) is 0.741. The molecule has 0 aromatic heterocycles. The van der Waals surface area contributed by atoms with Gasteiger partial charge < -0.3 is 5.32 Å². The third kappa shape index (κ3) is 5.06. The van der Waals surface area contributed by atoms with E-state index < -0.39 is 0 Å². The molecule has 0 radical (unpaired) electrons. The van der Waals surface area contributed by atoms with Gasteiger partial charge in [0.2, 0.25) is 0 Å². The molecule has 1 fully saturated rings. The fourth-order valence-corrected chi connectivity index (χ4v) is 3.64. The van der Waals surface area contributed by atoms with Crippen LogP contribution in [0.4, 0.5) is 0 Å². The highest BCUT2D eigenvalue weighted by atomic mass is 15.1. The van der Waals surface area contributed by atoms with E-state index in [1.807, 2.05) is 12.2 Å². The van der Waals surface area contributed by atoms with E-state index in [0.717, 1.165) is 32.1 Å². The summed E-state index contributed by atoms with van der Waals surface area (Å²) >= 11 is 0. The lowest BCUT2D eigenvalue weighted by Gasteiger charge is -2.46. The highest BCUT2D eigenvalue weighted by Crippen LogP contribution is 2.39. The molecule has 1 aliphatic carbocycles. The molecular weight excluding hydrogens is 244 g/mol. The molecule has 2 nitrogen and oxygen atoms in total. The lowest BCUT2D eigenvalue weighted by molar-refractivity contribution is 0.0846. The van der Waals surface area contributed by atoms with Crippen molar-refractivity contribution in [2.24, 2.45) is 11.3 Å². The van der Waals surface area contributed by atoms with Gasteiger partial charge in [-0.1, -0.05) is 39.3 Å². The fraction of sp³-hybridized carbons (Fsp3) is 0.778. The number of rotatable bonds is 9. The Bertz CT molecular complexity index is 286. The van der Waals surface area contributed by atoms with Crippen LogP contribution in [0.25, 0.3) is 0 Å². The Kier molecular flexibility index (Phi) is 7.53. The van der Waals surface area contributed by atoms with Gasteiger partial charge in [-0.3, -0.25) is 4.90 Å². The molecule has 0 saturated heterocycles. The lowest BCUT2D eigenvalue weighted by atomic mass is 9.67. The Morgan fingerprint density at radius 3 is 2.45 bits per heavy atom. The average Bonchev–Trinajstić information content (AvgIpc) is 2.38. The number of nitrogens with zero attached hydrogens (tertiary/aromatic N) is 1. The summed E-state index contributed by atoms with van der Waals surface area (Å²) in [6.45, 7) is 19.1. The van der Waals surface area contributed by atoms with E-state index in [9.17, 15) is 0 Å². The van der Waals surface area contributed by atoms with Crippen molar-refractivity contribution >= 4 is 0 Å². The minimum Gasteiger partial charge on any atom is -0.313 e. The van der Waals surface area contributed by atoms with E-state index in [0.29, 0.717) is 11.5 Å². The van der Waals surface area contributed by atoms with Crippen molar-refractivity contribution in [3.8, 4) is 0 Å². The lowest BCUT2D eigenvalue weighted by Crippen LogP contribution is -2.53. The zero-order valence-electron chi connectivity index (χ0n) is 13.8. The Labute approximate surface area is 126 Å². The van der Waals surface area contributed by atoms with Crippen LogP contribution in [0, 0.1) is 11.3 Å². The van der Waals surface area contributed by atoms with Crippen LogP contribution in [-0.2, 0) is 0 Å². The summed E-state index contributed by atoms with van der Waals surface area (Å²) in [6, 6.07) is 0.633. The second-order valence-electron chi connectivity index (χ2n) is 6.87. The standard InChI is InChI=1S/C18H34N2/c1-6-12-19-17-16(10-9-11-18(17,4)5)15-20(13-7-2)14-8-3/h7-8,16-17,19H,2-3,6,9-15H2,1,4-5H3. The highest BCUT2D eigenvalue weighted by molar-refractivity contribution is 4.95. The summed E-state index contributed by atoms with van der Waals surface area (Å²) in [4.78, 5) is 2.46. The topological polar surface area (TPSA) is 15.3 Å². The maximum absolute atomic E-state index is 3.88. The third-order valence-corrected chi connectivity index (χ3v) is 4.59. The van der Waals surface area contributed by atoms with Crippen LogP contribution in [0.5, 0.6) is 0 Å². The van der Waals surface area contributed by atoms with Crippen molar-refractivity contribution in [2.45, 2.75) is 52.5 Å². The van der Waals surface area contributed by atoms with E-state index in [1.54, 1.807) is 0 Å². The van der Waals surface area contributed by atoms with Crippen molar-refractivity contribution in [1.29, 1.82) is 0 Å². The van der Waals surface area contributed by atoms with Crippen molar-refractivity contribution in [3.63, 3.8) is 0 Å². The minimum atomic E-state index is 0.409. The van der Waals surface area contributed by atoms with Gasteiger partial charge in [-0.15, -0.1) is 13.2 Å². The van der Waals surface area contributed by atoms with Gasteiger partial charge in [-0.05, 0) is 37.1 Å². The van der Waals surface area contributed by atoms with Crippen LogP contribution >= 0.6 is 0 Å². The molecule has 0 aromatic carbocycles. The van der Waals surface area contributed by atoms with E-state index >= 15 is 0 Å². The van der Waals surface area contributed by atoms with Crippen molar-refractivity contribution in [3.05, 3.63) is 25.3 Å². The van der Waals surface area contributed by atoms with Crippen LogP contribution in [0.3, 0.4) is 0 Å². The molecule has 2 atom stereocenters. The number of hydrogen-bond acceptors (Lipinski definition) is 2. The molecule has 2 unspecified atom stereocenters. The maximum Gasteiger partial charge on any atom is 0.0164 e.